The third-order valence-corrected chi connectivity index (χ3v) is 11.6. The number of nitrogens with two attached hydrogens (primary N) is 1. The van der Waals surface area contributed by atoms with Gasteiger partial charge in [0.2, 0.25) is 15.9 Å². The van der Waals surface area contributed by atoms with Crippen molar-refractivity contribution >= 4 is 48.6 Å². The van der Waals surface area contributed by atoms with Gasteiger partial charge in [0.1, 0.15) is 5.75 Å². The molecule has 2 aliphatic heterocycles. The van der Waals surface area contributed by atoms with Gasteiger partial charge in [0, 0.05) is 28.2 Å². The quantitative estimate of drug-likeness (QED) is 0.196. The summed E-state index contributed by atoms with van der Waals surface area (Å²) in [4.78, 5) is 24.2. The van der Waals surface area contributed by atoms with Crippen LogP contribution in [0.5, 0.6) is 5.75 Å². The zero-order valence-electron chi connectivity index (χ0n) is 27.4. The normalized spacial score (nSPS) is 21.9. The number of halogens is 6. The number of carboxylic acids is 1. The van der Waals surface area contributed by atoms with E-state index in [1.54, 1.807) is 24.3 Å². The molecule has 3 aromatic carbocycles. The second-order valence-corrected chi connectivity index (χ2v) is 16.0. The van der Waals surface area contributed by atoms with Gasteiger partial charge in [0.05, 0.1) is 11.5 Å². The van der Waals surface area contributed by atoms with Gasteiger partial charge in [0.15, 0.2) is 6.04 Å². The van der Waals surface area contributed by atoms with Gasteiger partial charge < -0.3 is 20.5 Å². The van der Waals surface area contributed by atoms with Crippen molar-refractivity contribution in [3.63, 3.8) is 0 Å². The van der Waals surface area contributed by atoms with Gasteiger partial charge in [-0.2, -0.15) is 26.7 Å². The summed E-state index contributed by atoms with van der Waals surface area (Å²) in [5.41, 5.74) is 5.73. The van der Waals surface area contributed by atoms with Gasteiger partial charge in [-0.3, -0.25) is 4.79 Å². The molecule has 2 saturated heterocycles. The standard InChI is InChI=1S/C33H38BrF2N3O4S.C2HF3O2/c34-25-9-7-22-16-24(8-6-23(22)17-25)33(35,36)31(32(40)39-27-10-11-28(39)19-26(37)18-27)38-44(41,42)30-14-12-29(13-15-30)43-20-21-4-2-1-3-5-21;3-2(4,5)1(6)7/h6-9,12-17,21,26-28,31,38H,1-5,10-11,18-20,37H2;(H,6,7)/t26?,27?,28?,31-;/m1./s1. The Labute approximate surface area is 300 Å². The second-order valence-electron chi connectivity index (χ2n) is 13.3. The van der Waals surface area contributed by atoms with Gasteiger partial charge in [-0.25, -0.2) is 13.2 Å². The van der Waals surface area contributed by atoms with E-state index < -0.39 is 45.6 Å². The third-order valence-electron chi connectivity index (χ3n) is 9.68. The van der Waals surface area contributed by atoms with Crippen LogP contribution in [-0.4, -0.2) is 67.3 Å². The first-order chi connectivity index (χ1) is 24.0. The lowest BCUT2D eigenvalue weighted by atomic mass is 9.90. The molecule has 4 N–H and O–H groups in total. The minimum Gasteiger partial charge on any atom is -0.493 e. The molecule has 1 aliphatic carbocycles. The van der Waals surface area contributed by atoms with Crippen LogP contribution in [0.1, 0.15) is 63.4 Å². The monoisotopic (exact) mass is 803 g/mol. The first-order valence-electron chi connectivity index (χ1n) is 16.7. The summed E-state index contributed by atoms with van der Waals surface area (Å²) in [5.74, 6) is -6.56. The van der Waals surface area contributed by atoms with Gasteiger partial charge in [-0.05, 0) is 97.7 Å². The lowest BCUT2D eigenvalue weighted by molar-refractivity contribution is -0.192. The molecule has 2 heterocycles. The summed E-state index contributed by atoms with van der Waals surface area (Å²) in [5, 5.41) is 8.41. The van der Waals surface area contributed by atoms with Crippen molar-refractivity contribution in [2.24, 2.45) is 11.7 Å². The Morgan fingerprint density at radius 1 is 0.902 bits per heavy atom. The number of sulfonamides is 1. The van der Waals surface area contributed by atoms with E-state index in [-0.39, 0.29) is 23.0 Å². The van der Waals surface area contributed by atoms with Gasteiger partial charge in [-0.15, -0.1) is 0 Å². The first kappa shape index (κ1) is 38.9. The van der Waals surface area contributed by atoms with Gasteiger partial charge in [0.25, 0.3) is 5.92 Å². The van der Waals surface area contributed by atoms with Crippen molar-refractivity contribution in [2.75, 3.05) is 6.61 Å². The fourth-order valence-corrected chi connectivity index (χ4v) is 8.67. The van der Waals surface area contributed by atoms with Crippen LogP contribution in [0.2, 0.25) is 0 Å². The number of hydrogen-bond donors (Lipinski definition) is 3. The average molecular weight is 805 g/mol. The largest absolute Gasteiger partial charge is 0.493 e. The zero-order valence-corrected chi connectivity index (χ0v) is 29.8. The molecule has 3 atom stereocenters. The third kappa shape index (κ3) is 9.37. The number of benzene rings is 3. The number of alkyl halides is 5. The molecule has 6 rings (SSSR count). The molecular weight excluding hydrogens is 765 g/mol. The summed E-state index contributed by atoms with van der Waals surface area (Å²) < 4.78 is 101. The van der Waals surface area contributed by atoms with E-state index >= 15 is 8.78 Å². The lowest BCUT2D eigenvalue weighted by Crippen LogP contribution is -2.60. The number of fused-ring (bicyclic) bond motifs is 3. The van der Waals surface area contributed by atoms with Crippen LogP contribution >= 0.6 is 15.9 Å². The Bertz CT molecular complexity index is 1810. The van der Waals surface area contributed by atoms with Crippen LogP contribution < -0.4 is 15.2 Å². The van der Waals surface area contributed by atoms with Crippen LogP contribution in [0.3, 0.4) is 0 Å². The minimum atomic E-state index is -5.08. The first-order valence-corrected chi connectivity index (χ1v) is 18.9. The second kappa shape index (κ2) is 15.7. The number of hydrogen-bond acceptors (Lipinski definition) is 6. The highest BCUT2D eigenvalue weighted by molar-refractivity contribution is 9.10. The fraction of sp³-hybridized carbons (Fsp3) is 0.486. The fourth-order valence-electron chi connectivity index (χ4n) is 7.10. The molecule has 16 heteroatoms. The highest BCUT2D eigenvalue weighted by atomic mass is 79.9. The molecule has 3 aromatic rings. The van der Waals surface area contributed by atoms with Crippen LogP contribution in [-0.2, 0) is 25.5 Å². The molecule has 9 nitrogen and oxygen atoms in total. The SMILES string of the molecule is NC1CC2CCC(C1)N2C(=O)[C@@H](NS(=O)(=O)c1ccc(OCC2CCCCC2)cc1)C(F)(F)c1ccc2cc(Br)ccc2c1.O=C(O)C(F)(F)F. The average Bonchev–Trinajstić information content (AvgIpc) is 3.36. The Hall–Kier alpha value is -3.34. The Kier molecular flexibility index (Phi) is 12.0. The van der Waals surface area contributed by atoms with E-state index in [4.69, 9.17) is 20.4 Å². The minimum absolute atomic E-state index is 0.120. The molecule has 0 spiro atoms. The molecule has 0 radical (unpaired) electrons. The number of carbonyl (C=O) groups is 2. The molecule has 1 saturated carbocycles. The summed E-state index contributed by atoms with van der Waals surface area (Å²) >= 11 is 3.39. The molecular formula is C35H39BrF5N3O6S. The number of nitrogens with zero attached hydrogens (tertiary/aromatic N) is 1. The van der Waals surface area contributed by atoms with Crippen molar-refractivity contribution in [1.29, 1.82) is 0 Å². The topological polar surface area (TPSA) is 139 Å². The van der Waals surface area contributed by atoms with Crippen molar-refractivity contribution in [2.45, 2.75) is 98.9 Å². The number of nitrogens with one attached hydrogen (secondary N) is 1. The van der Waals surface area contributed by atoms with Crippen LogP contribution in [0.25, 0.3) is 10.8 Å². The van der Waals surface area contributed by atoms with E-state index in [1.807, 2.05) is 0 Å². The number of carbonyl (C=O) groups excluding carboxylic acids is 1. The van der Waals surface area contributed by atoms with Crippen molar-refractivity contribution in [3.8, 4) is 5.75 Å². The van der Waals surface area contributed by atoms with Gasteiger partial charge in [-0.1, -0.05) is 53.4 Å². The molecule has 2 bridgehead atoms. The summed E-state index contributed by atoms with van der Waals surface area (Å²) in [6, 6.07) is 12.0. The van der Waals surface area contributed by atoms with Crippen molar-refractivity contribution < 1.29 is 49.8 Å². The Morgan fingerprint density at radius 2 is 1.47 bits per heavy atom. The number of rotatable bonds is 9. The molecule has 3 aliphatic rings. The number of carboxylic acid groups (broad SMARTS) is 1. The molecule has 3 fully saturated rings. The highest BCUT2D eigenvalue weighted by Gasteiger charge is 2.53. The number of piperidine rings is 1. The predicted molar refractivity (Wildman–Crippen MR) is 183 cm³/mol. The van der Waals surface area contributed by atoms with Crippen LogP contribution in [0, 0.1) is 5.92 Å². The molecule has 2 unspecified atom stereocenters. The summed E-state index contributed by atoms with van der Waals surface area (Å²) in [7, 11) is -4.52. The predicted octanol–water partition coefficient (Wildman–Crippen LogP) is 7.11. The smallest absolute Gasteiger partial charge is 0.490 e. The van der Waals surface area contributed by atoms with Crippen molar-refractivity contribution in [3.05, 3.63) is 70.7 Å². The Morgan fingerprint density at radius 3 is 2.06 bits per heavy atom. The lowest BCUT2D eigenvalue weighted by Gasteiger charge is -2.41. The van der Waals surface area contributed by atoms with E-state index in [1.165, 1.54) is 60.6 Å². The van der Waals surface area contributed by atoms with E-state index in [2.05, 4.69) is 20.7 Å². The van der Waals surface area contributed by atoms with E-state index in [0.29, 0.717) is 49.3 Å². The molecule has 51 heavy (non-hydrogen) atoms. The maximum absolute atomic E-state index is 16.5. The van der Waals surface area contributed by atoms with E-state index in [9.17, 15) is 26.4 Å². The maximum atomic E-state index is 16.5. The zero-order chi connectivity index (χ0) is 37.1. The number of ether oxygens (including phenoxy) is 1. The molecule has 0 aromatic heterocycles. The molecule has 278 valence electrons. The van der Waals surface area contributed by atoms with Crippen LogP contribution in [0.15, 0.2) is 70.0 Å². The van der Waals surface area contributed by atoms with Gasteiger partial charge >= 0.3 is 12.1 Å². The number of amides is 1. The van der Waals surface area contributed by atoms with Crippen LogP contribution in [0.4, 0.5) is 22.0 Å². The summed E-state index contributed by atoms with van der Waals surface area (Å²) in [6.45, 7) is 0.553. The van der Waals surface area contributed by atoms with E-state index in [0.717, 1.165) is 22.7 Å². The highest BCUT2D eigenvalue weighted by Crippen LogP contribution is 2.41. The van der Waals surface area contributed by atoms with Crippen molar-refractivity contribution in [1.82, 2.24) is 9.62 Å². The molecule has 1 amide bonds. The Balaban J connectivity index is 0.000000654. The summed E-state index contributed by atoms with van der Waals surface area (Å²) in [6.07, 6.45) is 3.06. The maximum Gasteiger partial charge on any atom is 0.490 e. The number of aliphatic carboxylic acids is 1.